The first-order chi connectivity index (χ1) is 6.45. The van der Waals surface area contributed by atoms with Crippen LogP contribution in [0.15, 0.2) is 0 Å². The molecule has 0 aliphatic heterocycles. The molecule has 0 aliphatic rings. The Labute approximate surface area is 102 Å². The lowest BCUT2D eigenvalue weighted by Crippen LogP contribution is -2.13. The summed E-state index contributed by atoms with van der Waals surface area (Å²) in [5.41, 5.74) is 0. The zero-order chi connectivity index (χ0) is 11.1. The van der Waals surface area contributed by atoms with Crippen LogP contribution in [0.3, 0.4) is 0 Å². The third-order valence-electron chi connectivity index (χ3n) is 2.72. The molecule has 0 aliphatic carbocycles. The Hall–Kier alpha value is 1.13. The van der Waals surface area contributed by atoms with E-state index in [1.54, 1.807) is 0 Å². The summed E-state index contributed by atoms with van der Waals surface area (Å²) in [7, 11) is 0.530. The van der Waals surface area contributed by atoms with E-state index in [-0.39, 0.29) is 16.4 Å². The summed E-state index contributed by atoms with van der Waals surface area (Å²) < 4.78 is 0. The quantitative estimate of drug-likeness (QED) is 0.513. The second-order valence-corrected chi connectivity index (χ2v) is 19.4. The molecular formula is C10H26S2Si2. The fourth-order valence-corrected chi connectivity index (χ4v) is 21.3. The summed E-state index contributed by atoms with van der Waals surface area (Å²) in [6.07, 6.45) is 0. The summed E-state index contributed by atoms with van der Waals surface area (Å²) in [6.45, 7) is 14.2. The second kappa shape index (κ2) is 8.30. The SMILES string of the molecule is CC(C)C(C)S[SiH2][SiH2]SC(C)C(C)C. The lowest BCUT2D eigenvalue weighted by atomic mass is 10.2. The number of rotatable bonds is 7. The molecule has 86 valence electrons. The molecule has 0 aromatic rings. The van der Waals surface area contributed by atoms with Crippen molar-refractivity contribution in [1.29, 1.82) is 0 Å². The first kappa shape index (κ1) is 15.1. The molecule has 0 rings (SSSR count). The number of hydrogen-bond donors (Lipinski definition) is 0. The van der Waals surface area contributed by atoms with E-state index >= 15 is 0 Å². The van der Waals surface area contributed by atoms with Gasteiger partial charge in [0, 0.05) is 0 Å². The molecule has 0 saturated carbocycles. The smallest absolute Gasteiger partial charge is 0.0842 e. The van der Waals surface area contributed by atoms with Crippen molar-refractivity contribution in [1.82, 2.24) is 0 Å². The van der Waals surface area contributed by atoms with Crippen LogP contribution < -0.4 is 0 Å². The number of hydrogen-bond acceptors (Lipinski definition) is 2. The zero-order valence-electron chi connectivity index (χ0n) is 10.5. The molecule has 2 atom stereocenters. The van der Waals surface area contributed by atoms with Gasteiger partial charge in [0.1, 0.15) is 0 Å². The van der Waals surface area contributed by atoms with E-state index in [9.17, 15) is 0 Å². The highest BCUT2D eigenvalue weighted by Gasteiger charge is 2.10. The molecule has 0 aromatic heterocycles. The van der Waals surface area contributed by atoms with Gasteiger partial charge in [0.15, 0.2) is 0 Å². The zero-order valence-corrected chi connectivity index (χ0v) is 15.0. The van der Waals surface area contributed by atoms with E-state index < -0.39 is 0 Å². The Morgan fingerprint density at radius 3 is 1.14 bits per heavy atom. The predicted octanol–water partition coefficient (Wildman–Crippen LogP) is 2.62. The maximum Gasteiger partial charge on any atom is 0.0842 e. The van der Waals surface area contributed by atoms with Gasteiger partial charge in [-0.15, -0.1) is 0 Å². The van der Waals surface area contributed by atoms with E-state index in [1.807, 2.05) is 0 Å². The maximum absolute atomic E-state index is 2.40. The van der Waals surface area contributed by atoms with Crippen LogP contribution >= 0.6 is 22.4 Å². The van der Waals surface area contributed by atoms with Crippen molar-refractivity contribution in [3.8, 4) is 0 Å². The minimum atomic E-state index is 0.265. The van der Waals surface area contributed by atoms with Gasteiger partial charge in [0.2, 0.25) is 0 Å². The third kappa shape index (κ3) is 7.43. The van der Waals surface area contributed by atoms with Crippen molar-refractivity contribution < 1.29 is 0 Å². The normalized spacial score (nSPS) is 18.0. The monoisotopic (exact) mass is 266 g/mol. The average Bonchev–Trinajstić information content (AvgIpc) is 2.11. The van der Waals surface area contributed by atoms with Crippen LogP contribution in [-0.4, -0.2) is 26.9 Å². The first-order valence-electron chi connectivity index (χ1n) is 5.68. The molecule has 0 bridgehead atoms. The van der Waals surface area contributed by atoms with Gasteiger partial charge in [0.25, 0.3) is 0 Å². The van der Waals surface area contributed by atoms with Gasteiger partial charge in [-0.25, -0.2) is 0 Å². The first-order valence-corrected chi connectivity index (χ1v) is 15.2. The minimum absolute atomic E-state index is 0.265. The third-order valence-corrected chi connectivity index (χ3v) is 20.8. The largest absolute Gasteiger partial charge is 0.193 e. The highest BCUT2D eigenvalue weighted by atomic mass is 32.4. The van der Waals surface area contributed by atoms with Crippen molar-refractivity contribution in [2.45, 2.75) is 52.0 Å². The van der Waals surface area contributed by atoms with Gasteiger partial charge in [-0.2, -0.15) is 22.4 Å². The Morgan fingerprint density at radius 2 is 0.929 bits per heavy atom. The van der Waals surface area contributed by atoms with Gasteiger partial charge < -0.3 is 0 Å². The molecule has 0 spiro atoms. The van der Waals surface area contributed by atoms with Crippen LogP contribution in [0, 0.1) is 11.8 Å². The van der Waals surface area contributed by atoms with Crippen LogP contribution in [0.4, 0.5) is 0 Å². The average molecular weight is 267 g/mol. The van der Waals surface area contributed by atoms with Crippen molar-refractivity contribution in [2.24, 2.45) is 11.8 Å². The summed E-state index contributed by atoms with van der Waals surface area (Å²) in [5.74, 6) is 1.74. The summed E-state index contributed by atoms with van der Waals surface area (Å²) in [5, 5.41) is 1.81. The van der Waals surface area contributed by atoms with Crippen LogP contribution in [0.5, 0.6) is 0 Å². The van der Waals surface area contributed by atoms with E-state index in [1.165, 1.54) is 0 Å². The van der Waals surface area contributed by atoms with E-state index in [4.69, 9.17) is 0 Å². The molecule has 2 unspecified atom stereocenters. The molecule has 0 fully saturated rings. The van der Waals surface area contributed by atoms with Crippen LogP contribution in [-0.2, 0) is 0 Å². The van der Waals surface area contributed by atoms with Gasteiger partial charge in [-0.1, -0.05) is 41.5 Å². The van der Waals surface area contributed by atoms with E-state index in [2.05, 4.69) is 64.0 Å². The van der Waals surface area contributed by atoms with Crippen molar-refractivity contribution in [3.05, 3.63) is 0 Å². The van der Waals surface area contributed by atoms with Gasteiger partial charge in [-0.05, 0) is 22.3 Å². The fourth-order valence-electron chi connectivity index (χ4n) is 0.853. The Morgan fingerprint density at radius 1 is 0.643 bits per heavy atom. The Balaban J connectivity index is 3.38. The molecule has 0 N–H and O–H groups in total. The highest BCUT2D eigenvalue weighted by molar-refractivity contribution is 8.39. The molecule has 4 heteroatoms. The molecule has 0 saturated heterocycles. The van der Waals surface area contributed by atoms with Gasteiger partial charge in [-0.3, -0.25) is 0 Å². The Kier molecular flexibility index (Phi) is 8.98. The van der Waals surface area contributed by atoms with Gasteiger partial charge in [0.05, 0.1) is 16.4 Å². The second-order valence-electron chi connectivity index (χ2n) is 4.64. The highest BCUT2D eigenvalue weighted by Crippen LogP contribution is 2.21. The summed E-state index contributed by atoms with van der Waals surface area (Å²) >= 11 is 4.64. The molecule has 0 nitrogen and oxygen atoms in total. The molecule has 0 radical (unpaired) electrons. The summed E-state index contributed by atoms with van der Waals surface area (Å²) in [4.78, 5) is 0. The van der Waals surface area contributed by atoms with E-state index in [0.717, 1.165) is 22.3 Å². The summed E-state index contributed by atoms with van der Waals surface area (Å²) in [6, 6.07) is 0. The van der Waals surface area contributed by atoms with Crippen molar-refractivity contribution in [3.63, 3.8) is 0 Å². The fraction of sp³-hybridized carbons (Fsp3) is 1.00. The predicted molar refractivity (Wildman–Crippen MR) is 80.9 cm³/mol. The topological polar surface area (TPSA) is 0 Å². The minimum Gasteiger partial charge on any atom is -0.193 e. The Bertz CT molecular complexity index is 124. The van der Waals surface area contributed by atoms with Crippen molar-refractivity contribution >= 4 is 38.8 Å². The van der Waals surface area contributed by atoms with E-state index in [0.29, 0.717) is 0 Å². The van der Waals surface area contributed by atoms with Crippen molar-refractivity contribution in [2.75, 3.05) is 0 Å². The van der Waals surface area contributed by atoms with Crippen LogP contribution in [0.1, 0.15) is 41.5 Å². The molecule has 0 amide bonds. The maximum atomic E-state index is 2.40. The standard InChI is InChI=1S/C10H26S2Si2/c1-7(2)9(5)11-13-14-12-10(6)8(3)4/h7-10H,13-14H2,1-6H3. The lowest BCUT2D eigenvalue weighted by molar-refractivity contribution is 0.644. The lowest BCUT2D eigenvalue weighted by Gasteiger charge is -2.17. The molecule has 14 heavy (non-hydrogen) atoms. The van der Waals surface area contributed by atoms with Crippen LogP contribution in [0.2, 0.25) is 0 Å². The molecule has 0 aromatic carbocycles. The van der Waals surface area contributed by atoms with Crippen LogP contribution in [0.25, 0.3) is 0 Å². The molecular weight excluding hydrogens is 240 g/mol. The van der Waals surface area contributed by atoms with Gasteiger partial charge >= 0.3 is 0 Å². The molecule has 0 heterocycles.